The lowest BCUT2D eigenvalue weighted by Crippen LogP contribution is -2.41. The third-order valence-corrected chi connectivity index (χ3v) is 3.74. The van der Waals surface area contributed by atoms with Crippen molar-refractivity contribution in [1.29, 1.82) is 0 Å². The smallest absolute Gasteiger partial charge is 0.127 e. The van der Waals surface area contributed by atoms with Crippen LogP contribution in [0.2, 0.25) is 0 Å². The molecule has 0 aromatic carbocycles. The normalized spacial score (nSPS) is 23.0. The molecule has 1 atom stereocenters. The summed E-state index contributed by atoms with van der Waals surface area (Å²) >= 11 is 2.02. The maximum absolute atomic E-state index is 11.1. The summed E-state index contributed by atoms with van der Waals surface area (Å²) in [4.78, 5) is 13.5. The number of thioether (sulfide) groups is 1. The molecule has 0 radical (unpaired) electrons. The number of hydrogen-bond acceptors (Lipinski definition) is 3. The zero-order valence-electron chi connectivity index (χ0n) is 9.29. The van der Waals surface area contributed by atoms with E-state index in [-0.39, 0.29) is 5.41 Å². The Hall–Kier alpha value is -0.0200. The van der Waals surface area contributed by atoms with Gasteiger partial charge in [-0.15, -0.1) is 0 Å². The van der Waals surface area contributed by atoms with Crippen LogP contribution in [0, 0.1) is 5.41 Å². The summed E-state index contributed by atoms with van der Waals surface area (Å²) in [5, 5.41) is 0. The van der Waals surface area contributed by atoms with E-state index in [1.165, 1.54) is 11.5 Å². The summed E-state index contributed by atoms with van der Waals surface area (Å²) in [5.41, 5.74) is -0.114. The highest BCUT2D eigenvalue weighted by molar-refractivity contribution is 7.99. The summed E-state index contributed by atoms with van der Waals surface area (Å²) in [5.74, 6) is 2.45. The zero-order valence-corrected chi connectivity index (χ0v) is 10.1. The number of nitrogens with zero attached hydrogens (tertiary/aromatic N) is 1. The van der Waals surface area contributed by atoms with E-state index in [2.05, 4.69) is 18.7 Å². The molecule has 82 valence electrons. The van der Waals surface area contributed by atoms with E-state index in [1.807, 2.05) is 11.8 Å². The van der Waals surface area contributed by atoms with Crippen LogP contribution in [-0.2, 0) is 4.79 Å². The highest BCUT2D eigenvalue weighted by Crippen LogP contribution is 2.23. The molecule has 0 amide bonds. The number of rotatable bonds is 5. The number of carbonyl (C=O) groups is 1. The molecule has 0 N–H and O–H groups in total. The van der Waals surface area contributed by atoms with Gasteiger partial charge in [-0.1, -0.05) is 20.3 Å². The first-order chi connectivity index (χ1) is 6.70. The largest absolute Gasteiger partial charge is 0.303 e. The molecule has 1 aliphatic rings. The summed E-state index contributed by atoms with van der Waals surface area (Å²) in [7, 11) is 0. The van der Waals surface area contributed by atoms with E-state index in [9.17, 15) is 4.79 Å². The van der Waals surface area contributed by atoms with Crippen LogP contribution in [0.4, 0.5) is 0 Å². The van der Waals surface area contributed by atoms with Gasteiger partial charge in [0.1, 0.15) is 6.29 Å². The molecule has 1 heterocycles. The van der Waals surface area contributed by atoms with Crippen LogP contribution in [0.15, 0.2) is 0 Å². The van der Waals surface area contributed by atoms with E-state index in [0.29, 0.717) is 0 Å². The van der Waals surface area contributed by atoms with Gasteiger partial charge in [0.25, 0.3) is 0 Å². The zero-order chi connectivity index (χ0) is 10.4. The van der Waals surface area contributed by atoms with Gasteiger partial charge in [0.05, 0.1) is 0 Å². The Labute approximate surface area is 91.4 Å². The van der Waals surface area contributed by atoms with Gasteiger partial charge in [-0.25, -0.2) is 0 Å². The summed E-state index contributed by atoms with van der Waals surface area (Å²) in [6.45, 7) is 7.49. The molecule has 3 heteroatoms. The highest BCUT2D eigenvalue weighted by Gasteiger charge is 2.26. The second-order valence-corrected chi connectivity index (χ2v) is 5.64. The first-order valence-corrected chi connectivity index (χ1v) is 6.62. The number of carbonyl (C=O) groups excluding carboxylic acids is 1. The van der Waals surface area contributed by atoms with E-state index in [0.717, 1.165) is 38.8 Å². The van der Waals surface area contributed by atoms with Crippen LogP contribution in [-0.4, -0.2) is 42.3 Å². The standard InChI is InChI=1S/C11H21NOS/c1-3-4-11(2,10-13)9-12-5-7-14-8-6-12/h10H,3-9H2,1-2H3. The maximum Gasteiger partial charge on any atom is 0.127 e. The lowest BCUT2D eigenvalue weighted by atomic mass is 9.87. The van der Waals surface area contributed by atoms with E-state index in [1.54, 1.807) is 0 Å². The van der Waals surface area contributed by atoms with Crippen molar-refractivity contribution in [1.82, 2.24) is 4.90 Å². The second-order valence-electron chi connectivity index (χ2n) is 4.41. The highest BCUT2D eigenvalue weighted by atomic mass is 32.2. The Kier molecular flexibility index (Phi) is 4.96. The maximum atomic E-state index is 11.1. The molecular formula is C11H21NOS. The molecule has 0 saturated carbocycles. The van der Waals surface area contributed by atoms with Crippen LogP contribution >= 0.6 is 11.8 Å². The number of hydrogen-bond donors (Lipinski definition) is 0. The van der Waals surface area contributed by atoms with E-state index < -0.39 is 0 Å². The minimum Gasteiger partial charge on any atom is -0.303 e. The molecule has 0 bridgehead atoms. The third-order valence-electron chi connectivity index (χ3n) is 2.79. The van der Waals surface area contributed by atoms with Crippen LogP contribution in [0.3, 0.4) is 0 Å². The molecule has 2 nitrogen and oxygen atoms in total. The fraction of sp³-hybridized carbons (Fsp3) is 0.909. The van der Waals surface area contributed by atoms with Crippen molar-refractivity contribution in [2.45, 2.75) is 26.7 Å². The van der Waals surface area contributed by atoms with Crippen LogP contribution in [0.1, 0.15) is 26.7 Å². The van der Waals surface area contributed by atoms with Crippen LogP contribution in [0.25, 0.3) is 0 Å². The van der Waals surface area contributed by atoms with Crippen molar-refractivity contribution in [2.75, 3.05) is 31.1 Å². The molecule has 0 aromatic rings. The average Bonchev–Trinajstić information content (AvgIpc) is 2.20. The van der Waals surface area contributed by atoms with Gasteiger partial charge in [-0.05, 0) is 6.42 Å². The molecule has 1 unspecified atom stereocenters. The van der Waals surface area contributed by atoms with Crippen molar-refractivity contribution >= 4 is 18.0 Å². The summed E-state index contributed by atoms with van der Waals surface area (Å²) < 4.78 is 0. The van der Waals surface area contributed by atoms with Gasteiger partial charge in [-0.3, -0.25) is 0 Å². The Balaban J connectivity index is 2.41. The van der Waals surface area contributed by atoms with E-state index >= 15 is 0 Å². The molecule has 1 aliphatic heterocycles. The van der Waals surface area contributed by atoms with E-state index in [4.69, 9.17) is 0 Å². The average molecular weight is 215 g/mol. The predicted octanol–water partition coefficient (Wildman–Crippen LogP) is 2.04. The van der Waals surface area contributed by atoms with Gasteiger partial charge >= 0.3 is 0 Å². The fourth-order valence-corrected chi connectivity index (χ4v) is 3.00. The predicted molar refractivity (Wildman–Crippen MR) is 62.8 cm³/mol. The van der Waals surface area contributed by atoms with Gasteiger partial charge in [0.2, 0.25) is 0 Å². The Bertz CT molecular complexity index is 180. The van der Waals surface area contributed by atoms with Crippen molar-refractivity contribution < 1.29 is 4.79 Å². The summed E-state index contributed by atoms with van der Waals surface area (Å²) in [6, 6.07) is 0. The Morgan fingerprint density at radius 1 is 1.43 bits per heavy atom. The minimum atomic E-state index is -0.114. The minimum absolute atomic E-state index is 0.114. The lowest BCUT2D eigenvalue weighted by molar-refractivity contribution is -0.116. The van der Waals surface area contributed by atoms with Crippen LogP contribution < -0.4 is 0 Å². The van der Waals surface area contributed by atoms with Crippen molar-refractivity contribution in [3.05, 3.63) is 0 Å². The molecule has 14 heavy (non-hydrogen) atoms. The number of aldehydes is 1. The monoisotopic (exact) mass is 215 g/mol. The lowest BCUT2D eigenvalue weighted by Gasteiger charge is -2.33. The van der Waals surface area contributed by atoms with Gasteiger partial charge in [0.15, 0.2) is 0 Å². The molecule has 1 saturated heterocycles. The molecule has 0 spiro atoms. The molecule has 1 rings (SSSR count). The topological polar surface area (TPSA) is 20.3 Å². The quantitative estimate of drug-likeness (QED) is 0.655. The van der Waals surface area contributed by atoms with Crippen LogP contribution in [0.5, 0.6) is 0 Å². The first-order valence-electron chi connectivity index (χ1n) is 5.46. The molecule has 0 aliphatic carbocycles. The van der Waals surface area contributed by atoms with Gasteiger partial charge in [0, 0.05) is 36.6 Å². The Morgan fingerprint density at radius 2 is 2.07 bits per heavy atom. The second kappa shape index (κ2) is 5.76. The van der Waals surface area contributed by atoms with Crippen molar-refractivity contribution in [3.8, 4) is 0 Å². The summed E-state index contributed by atoms with van der Waals surface area (Å²) in [6.07, 6.45) is 3.26. The van der Waals surface area contributed by atoms with Gasteiger partial charge in [-0.2, -0.15) is 11.8 Å². The first kappa shape index (κ1) is 12.1. The molecule has 1 fully saturated rings. The van der Waals surface area contributed by atoms with Gasteiger partial charge < -0.3 is 9.69 Å². The molecule has 0 aromatic heterocycles. The SMILES string of the molecule is CCCC(C)(C=O)CN1CCSCC1. The third kappa shape index (κ3) is 3.62. The van der Waals surface area contributed by atoms with Crippen molar-refractivity contribution in [2.24, 2.45) is 5.41 Å². The van der Waals surface area contributed by atoms with Crippen molar-refractivity contribution in [3.63, 3.8) is 0 Å². The fourth-order valence-electron chi connectivity index (χ4n) is 2.02. The Morgan fingerprint density at radius 3 is 2.57 bits per heavy atom. The molecular weight excluding hydrogens is 194 g/mol.